The molecule has 2 aliphatic heterocycles. The summed E-state index contributed by atoms with van der Waals surface area (Å²) in [4.78, 5) is 21.9. The molecule has 3 heterocycles. The van der Waals surface area contributed by atoms with Gasteiger partial charge in [-0.25, -0.2) is 4.98 Å². The Bertz CT molecular complexity index is 1470. The summed E-state index contributed by atoms with van der Waals surface area (Å²) in [5, 5.41) is 10.0. The fraction of sp³-hybridized carbons (Fsp3) is 0.370. The van der Waals surface area contributed by atoms with Crippen molar-refractivity contribution in [3.8, 4) is 0 Å². The van der Waals surface area contributed by atoms with Gasteiger partial charge < -0.3 is 16.0 Å². The lowest BCUT2D eigenvalue weighted by Gasteiger charge is -2.32. The number of anilines is 5. The number of benzene rings is 2. The van der Waals surface area contributed by atoms with Gasteiger partial charge in [0.25, 0.3) is 10.2 Å². The maximum Gasteiger partial charge on any atom is 0.281 e. The maximum absolute atomic E-state index is 13.1. The van der Waals surface area contributed by atoms with Crippen LogP contribution in [-0.4, -0.2) is 60.1 Å². The molecule has 2 aliphatic rings. The highest BCUT2D eigenvalue weighted by atomic mass is 35.5. The molecule has 0 spiro atoms. The molecule has 10 nitrogen and oxygen atoms in total. The molecular weight excluding hydrogens is 538 g/mol. The van der Waals surface area contributed by atoms with Crippen LogP contribution in [0.5, 0.6) is 0 Å². The molecule has 12 heteroatoms. The summed E-state index contributed by atoms with van der Waals surface area (Å²) in [7, 11) is -0.353. The van der Waals surface area contributed by atoms with Crippen LogP contribution in [0.25, 0.3) is 0 Å². The summed E-state index contributed by atoms with van der Waals surface area (Å²) in [6.07, 6.45) is 4.71. The Hall–Kier alpha value is -3.25. The predicted octanol–water partition coefficient (Wildman–Crippen LogP) is 4.56. The Balaban J connectivity index is 1.32. The van der Waals surface area contributed by atoms with Gasteiger partial charge in [-0.05, 0) is 73.1 Å². The van der Waals surface area contributed by atoms with Gasteiger partial charge in [0.1, 0.15) is 5.02 Å². The summed E-state index contributed by atoms with van der Waals surface area (Å²) in [6, 6.07) is 13.9. The normalized spacial score (nSPS) is 16.3. The number of aryl methyl sites for hydroxylation is 2. The van der Waals surface area contributed by atoms with E-state index in [0.717, 1.165) is 34.6 Å². The smallest absolute Gasteiger partial charge is 0.281 e. The van der Waals surface area contributed by atoms with Crippen LogP contribution in [0.4, 0.5) is 28.8 Å². The average molecular weight is 570 g/mol. The highest BCUT2D eigenvalue weighted by Gasteiger charge is 2.30. The van der Waals surface area contributed by atoms with Gasteiger partial charge in [-0.2, -0.15) is 22.0 Å². The van der Waals surface area contributed by atoms with Crippen molar-refractivity contribution in [2.75, 3.05) is 43.1 Å². The van der Waals surface area contributed by atoms with Crippen LogP contribution < -0.4 is 16.0 Å². The van der Waals surface area contributed by atoms with Crippen molar-refractivity contribution in [3.05, 3.63) is 64.8 Å². The molecule has 2 aromatic carbocycles. The molecule has 39 heavy (non-hydrogen) atoms. The van der Waals surface area contributed by atoms with Gasteiger partial charge in [0.05, 0.1) is 6.20 Å². The Morgan fingerprint density at radius 2 is 1.87 bits per heavy atom. The molecule has 6 bridgehead atoms. The fourth-order valence-corrected chi connectivity index (χ4v) is 6.18. The monoisotopic (exact) mass is 569 g/mol. The van der Waals surface area contributed by atoms with Crippen molar-refractivity contribution < 1.29 is 13.2 Å². The minimum atomic E-state index is -3.42. The van der Waals surface area contributed by atoms with Crippen molar-refractivity contribution >= 4 is 56.5 Å². The molecule has 1 aromatic heterocycles. The maximum atomic E-state index is 13.1. The molecule has 0 atom stereocenters. The number of carbonyl (C=O) groups excluding carboxylic acids is 1. The highest BCUT2D eigenvalue weighted by molar-refractivity contribution is 7.86. The zero-order valence-corrected chi connectivity index (χ0v) is 23.5. The first-order valence-electron chi connectivity index (χ1n) is 12.9. The summed E-state index contributed by atoms with van der Waals surface area (Å²) in [5.74, 6) is 0.981. The first-order chi connectivity index (χ1) is 18.7. The van der Waals surface area contributed by atoms with Gasteiger partial charge in [0, 0.05) is 50.7 Å². The molecule has 0 aliphatic carbocycles. The predicted molar refractivity (Wildman–Crippen MR) is 154 cm³/mol. The second kappa shape index (κ2) is 11.5. The van der Waals surface area contributed by atoms with Crippen LogP contribution >= 0.6 is 11.6 Å². The Morgan fingerprint density at radius 1 is 1.10 bits per heavy atom. The fourth-order valence-electron chi connectivity index (χ4n) is 4.90. The number of carbonyl (C=O) groups is 1. The summed E-state index contributed by atoms with van der Waals surface area (Å²) >= 11 is 6.36. The van der Waals surface area contributed by atoms with Crippen LogP contribution in [0, 0.1) is 5.92 Å². The molecule has 1 amide bonds. The van der Waals surface area contributed by atoms with E-state index in [1.165, 1.54) is 22.7 Å². The number of aromatic nitrogens is 2. The van der Waals surface area contributed by atoms with E-state index in [9.17, 15) is 13.2 Å². The lowest BCUT2D eigenvalue weighted by Crippen LogP contribution is -2.44. The van der Waals surface area contributed by atoms with E-state index in [-0.39, 0.29) is 11.8 Å². The SMILES string of the molecule is CN(C)S(=O)(=O)N1CCC(CC(=O)Nc2ccc3cc2CCc2cccc(c2)Nc2ncc(Cl)c(n2)N3)CC1. The Morgan fingerprint density at radius 3 is 2.64 bits per heavy atom. The van der Waals surface area contributed by atoms with E-state index >= 15 is 0 Å². The number of piperidine rings is 1. The summed E-state index contributed by atoms with van der Waals surface area (Å²) < 4.78 is 27.5. The van der Waals surface area contributed by atoms with E-state index < -0.39 is 10.2 Å². The standard InChI is InChI=1S/C27H32ClN7O3S/c1-34(2)39(37,38)35-12-10-19(11-13-35)15-25(36)32-24-9-8-22-16-20(24)7-6-18-4-3-5-21(14-18)31-27-29-17-23(28)26(30-22)33-27/h3-5,8-9,14,16-17,19H,6-7,10-13,15H2,1-2H3,(H,32,36)(H2,29,30,31,33). The molecule has 3 N–H and O–H groups in total. The third kappa shape index (κ3) is 6.50. The lowest BCUT2D eigenvalue weighted by molar-refractivity contribution is -0.117. The third-order valence-corrected chi connectivity index (χ3v) is 9.30. The topological polar surface area (TPSA) is 120 Å². The van der Waals surface area contributed by atoms with Crippen molar-refractivity contribution in [3.63, 3.8) is 0 Å². The number of nitrogens with one attached hydrogen (secondary N) is 3. The van der Waals surface area contributed by atoms with Gasteiger partial charge >= 0.3 is 0 Å². The Labute approximate surface area is 234 Å². The second-order valence-corrected chi connectivity index (χ2v) is 12.6. The number of rotatable bonds is 5. The number of amides is 1. The summed E-state index contributed by atoms with van der Waals surface area (Å²) in [5.41, 5.74) is 4.57. The first kappa shape index (κ1) is 27.3. The quantitative estimate of drug-likeness (QED) is 0.412. The van der Waals surface area contributed by atoms with Crippen LogP contribution in [0.1, 0.15) is 30.4 Å². The van der Waals surface area contributed by atoms with E-state index in [1.54, 1.807) is 6.20 Å². The number of halogens is 1. The van der Waals surface area contributed by atoms with E-state index in [0.29, 0.717) is 55.6 Å². The zero-order valence-electron chi connectivity index (χ0n) is 21.9. The van der Waals surface area contributed by atoms with Crippen molar-refractivity contribution in [1.82, 2.24) is 18.6 Å². The van der Waals surface area contributed by atoms with Gasteiger partial charge in [-0.3, -0.25) is 4.79 Å². The van der Waals surface area contributed by atoms with Crippen LogP contribution in [-0.2, 0) is 27.8 Å². The molecule has 1 fully saturated rings. The van der Waals surface area contributed by atoms with Crippen molar-refractivity contribution in [1.29, 1.82) is 0 Å². The van der Waals surface area contributed by atoms with Gasteiger partial charge in [0.2, 0.25) is 11.9 Å². The number of hydrogen-bond acceptors (Lipinski definition) is 7. The minimum Gasteiger partial charge on any atom is -0.339 e. The molecule has 206 valence electrons. The third-order valence-electron chi connectivity index (χ3n) is 7.09. The van der Waals surface area contributed by atoms with E-state index in [2.05, 4.69) is 38.1 Å². The van der Waals surface area contributed by atoms with Crippen LogP contribution in [0.3, 0.4) is 0 Å². The lowest BCUT2D eigenvalue weighted by atomic mass is 9.94. The van der Waals surface area contributed by atoms with Crippen molar-refractivity contribution in [2.45, 2.75) is 32.1 Å². The summed E-state index contributed by atoms with van der Waals surface area (Å²) in [6.45, 7) is 0.844. The first-order valence-corrected chi connectivity index (χ1v) is 14.7. The number of nitrogens with zero attached hydrogens (tertiary/aromatic N) is 4. The average Bonchev–Trinajstić information content (AvgIpc) is 2.91. The molecule has 3 aromatic rings. The number of fused-ring (bicyclic) bond motifs is 6. The van der Waals surface area contributed by atoms with Crippen LogP contribution in [0.2, 0.25) is 5.02 Å². The molecule has 0 saturated carbocycles. The Kier molecular flexibility index (Phi) is 8.03. The molecule has 5 rings (SSSR count). The zero-order chi connectivity index (χ0) is 27.6. The molecular formula is C27H32ClN7O3S. The van der Waals surface area contributed by atoms with Gasteiger partial charge in [-0.1, -0.05) is 23.7 Å². The molecule has 0 unspecified atom stereocenters. The second-order valence-electron chi connectivity index (χ2n) is 10.1. The van der Waals surface area contributed by atoms with Gasteiger partial charge in [0.15, 0.2) is 5.82 Å². The van der Waals surface area contributed by atoms with Crippen molar-refractivity contribution in [2.24, 2.45) is 5.92 Å². The number of hydrogen-bond donors (Lipinski definition) is 3. The largest absolute Gasteiger partial charge is 0.339 e. The minimum absolute atomic E-state index is 0.0709. The van der Waals surface area contributed by atoms with Gasteiger partial charge in [-0.15, -0.1) is 0 Å². The van der Waals surface area contributed by atoms with Crippen LogP contribution in [0.15, 0.2) is 48.7 Å². The highest BCUT2D eigenvalue weighted by Crippen LogP contribution is 2.30. The molecule has 0 radical (unpaired) electrons. The molecule has 1 saturated heterocycles. The van der Waals surface area contributed by atoms with E-state index in [1.807, 2.05) is 30.3 Å². The van der Waals surface area contributed by atoms with E-state index in [4.69, 9.17) is 11.6 Å².